The van der Waals surface area contributed by atoms with Crippen LogP contribution in [-0.2, 0) is 0 Å². The summed E-state index contributed by atoms with van der Waals surface area (Å²) in [4.78, 5) is 0. The Balaban J connectivity index is 1.52. The zero-order chi connectivity index (χ0) is 23.3. The van der Waals surface area contributed by atoms with E-state index in [1.165, 1.54) is 70.6 Å². The molecule has 0 heteroatoms. The highest BCUT2D eigenvalue weighted by molar-refractivity contribution is 5.18. The van der Waals surface area contributed by atoms with E-state index in [0.29, 0.717) is 27.1 Å². The minimum Gasteiger partial charge on any atom is -0.0651 e. The summed E-state index contributed by atoms with van der Waals surface area (Å²) in [6.45, 7) is 24.2. The van der Waals surface area contributed by atoms with Gasteiger partial charge in [-0.15, -0.1) is 0 Å². The molecule has 5 aliphatic carbocycles. The van der Waals surface area contributed by atoms with Crippen LogP contribution in [0.3, 0.4) is 0 Å². The van der Waals surface area contributed by atoms with E-state index in [4.69, 9.17) is 0 Å². The molecular weight excluding hydrogens is 384 g/mol. The Labute approximate surface area is 201 Å². The average Bonchev–Trinajstić information content (AvgIpc) is 2.72. The van der Waals surface area contributed by atoms with Crippen LogP contribution < -0.4 is 0 Å². The molecule has 5 aliphatic rings. The van der Waals surface area contributed by atoms with Gasteiger partial charge in [0.2, 0.25) is 0 Å². The zero-order valence-electron chi connectivity index (χ0n) is 23.3. The van der Waals surface area contributed by atoms with Crippen LogP contribution in [0.1, 0.15) is 133 Å². The van der Waals surface area contributed by atoms with Gasteiger partial charge in [0.05, 0.1) is 0 Å². The fourth-order valence-corrected chi connectivity index (χ4v) is 12.5. The lowest BCUT2D eigenvalue weighted by atomic mass is 9.31. The second kappa shape index (κ2) is 7.26. The molecule has 0 nitrogen and oxygen atoms in total. The largest absolute Gasteiger partial charge is 0.0651 e. The third-order valence-corrected chi connectivity index (χ3v) is 14.8. The summed E-state index contributed by atoms with van der Waals surface area (Å²) in [5.74, 6) is 6.63. The minimum atomic E-state index is 0.527. The first-order valence-electron chi connectivity index (χ1n) is 14.8. The van der Waals surface area contributed by atoms with E-state index in [0.717, 1.165) is 41.4 Å². The monoisotopic (exact) mass is 440 g/mol. The average molecular weight is 441 g/mol. The minimum absolute atomic E-state index is 0.527. The van der Waals surface area contributed by atoms with Gasteiger partial charge >= 0.3 is 0 Å². The van der Waals surface area contributed by atoms with Crippen LogP contribution in [0.15, 0.2) is 0 Å². The van der Waals surface area contributed by atoms with E-state index in [2.05, 4.69) is 62.3 Å². The highest BCUT2D eigenvalue weighted by Gasteiger charge is 2.69. The van der Waals surface area contributed by atoms with Crippen molar-refractivity contribution in [3.05, 3.63) is 0 Å². The molecule has 5 fully saturated rings. The van der Waals surface area contributed by atoms with Gasteiger partial charge in [0.25, 0.3) is 0 Å². The summed E-state index contributed by atoms with van der Waals surface area (Å²) >= 11 is 0. The summed E-state index contributed by atoms with van der Waals surface area (Å²) in [7, 11) is 0. The number of hydrogen-bond donors (Lipinski definition) is 0. The number of hydrogen-bond acceptors (Lipinski definition) is 0. The Bertz CT molecular complexity index is 734. The van der Waals surface area contributed by atoms with E-state index in [-0.39, 0.29) is 0 Å². The van der Waals surface area contributed by atoms with E-state index < -0.39 is 0 Å². The molecule has 0 bridgehead atoms. The molecular formula is C32H56. The van der Waals surface area contributed by atoms with Crippen LogP contribution in [0.5, 0.6) is 0 Å². The van der Waals surface area contributed by atoms with Gasteiger partial charge in [-0.05, 0) is 133 Å². The van der Waals surface area contributed by atoms with Crippen LogP contribution in [0, 0.1) is 68.5 Å². The Hall–Kier alpha value is 0. The van der Waals surface area contributed by atoms with E-state index in [9.17, 15) is 0 Å². The van der Waals surface area contributed by atoms with Crippen molar-refractivity contribution in [2.24, 2.45) is 68.5 Å². The zero-order valence-corrected chi connectivity index (χ0v) is 23.3. The van der Waals surface area contributed by atoms with Crippen LogP contribution in [-0.4, -0.2) is 0 Å². The Morgan fingerprint density at radius 3 is 2.06 bits per heavy atom. The smallest absolute Gasteiger partial charge is 0.0235 e. The summed E-state index contributed by atoms with van der Waals surface area (Å²) in [5.41, 5.74) is 2.84. The van der Waals surface area contributed by atoms with E-state index >= 15 is 0 Å². The first-order chi connectivity index (χ1) is 14.8. The molecule has 184 valence electrons. The molecule has 0 aromatic carbocycles. The van der Waals surface area contributed by atoms with Crippen molar-refractivity contribution in [1.29, 1.82) is 0 Å². The molecule has 11 atom stereocenters. The summed E-state index contributed by atoms with van der Waals surface area (Å²) in [5, 5.41) is 0. The van der Waals surface area contributed by atoms with Crippen molar-refractivity contribution < 1.29 is 0 Å². The lowest BCUT2D eigenvalue weighted by molar-refractivity contribution is -0.252. The fraction of sp³-hybridized carbons (Fsp3) is 1.00. The first kappa shape index (κ1) is 23.7. The molecule has 32 heavy (non-hydrogen) atoms. The molecule has 0 spiro atoms. The lowest BCUT2D eigenvalue weighted by Gasteiger charge is -2.74. The van der Waals surface area contributed by atoms with Crippen LogP contribution in [0.25, 0.3) is 0 Å². The number of rotatable bonds is 1. The van der Waals surface area contributed by atoms with Crippen molar-refractivity contribution >= 4 is 0 Å². The fourth-order valence-electron chi connectivity index (χ4n) is 12.5. The maximum Gasteiger partial charge on any atom is -0.0235 e. The SMILES string of the molecule is CCC1CCC2(C)C(CCC3(C)C2CCC2C4C(C)C(C)CCC4(C)CCC23C)C1(C)C. The van der Waals surface area contributed by atoms with Crippen LogP contribution in [0.4, 0.5) is 0 Å². The molecule has 0 aromatic heterocycles. The van der Waals surface area contributed by atoms with Crippen molar-refractivity contribution in [2.75, 3.05) is 0 Å². The van der Waals surface area contributed by atoms with Crippen LogP contribution in [0.2, 0.25) is 0 Å². The summed E-state index contributed by atoms with van der Waals surface area (Å²) < 4.78 is 0. The highest BCUT2D eigenvalue weighted by atomic mass is 14.7. The highest BCUT2D eigenvalue weighted by Crippen LogP contribution is 2.77. The Morgan fingerprint density at radius 1 is 0.656 bits per heavy atom. The third kappa shape index (κ3) is 2.80. The van der Waals surface area contributed by atoms with Gasteiger partial charge in [-0.25, -0.2) is 0 Å². The third-order valence-electron chi connectivity index (χ3n) is 14.8. The summed E-state index contributed by atoms with van der Waals surface area (Å²) in [6, 6.07) is 0. The summed E-state index contributed by atoms with van der Waals surface area (Å²) in [6.07, 6.45) is 16.5. The van der Waals surface area contributed by atoms with Crippen molar-refractivity contribution in [3.63, 3.8) is 0 Å². The predicted molar refractivity (Wildman–Crippen MR) is 138 cm³/mol. The maximum absolute atomic E-state index is 2.82. The second-order valence-electron chi connectivity index (χ2n) is 15.7. The van der Waals surface area contributed by atoms with E-state index in [1.54, 1.807) is 0 Å². The van der Waals surface area contributed by atoms with Gasteiger partial charge in [-0.1, -0.05) is 68.7 Å². The molecule has 0 saturated heterocycles. The van der Waals surface area contributed by atoms with Gasteiger partial charge in [0.15, 0.2) is 0 Å². The predicted octanol–water partition coefficient (Wildman–Crippen LogP) is 9.77. The molecule has 0 amide bonds. The van der Waals surface area contributed by atoms with Crippen LogP contribution >= 0.6 is 0 Å². The Morgan fingerprint density at radius 2 is 1.38 bits per heavy atom. The molecule has 5 rings (SSSR count). The standard InChI is InChI=1S/C32H56/c1-10-23-14-17-30(7)25(28(23,4)5)15-18-32(9)26(30)12-11-24-27-22(3)21(2)13-16-29(27,6)19-20-31(24,32)8/h21-27H,10-20H2,1-9H3. The van der Waals surface area contributed by atoms with Crippen molar-refractivity contribution in [3.8, 4) is 0 Å². The molecule has 0 radical (unpaired) electrons. The van der Waals surface area contributed by atoms with Gasteiger partial charge in [-0.2, -0.15) is 0 Å². The second-order valence-corrected chi connectivity index (χ2v) is 15.7. The van der Waals surface area contributed by atoms with E-state index in [1.807, 2.05) is 0 Å². The van der Waals surface area contributed by atoms with Gasteiger partial charge in [0.1, 0.15) is 0 Å². The van der Waals surface area contributed by atoms with Gasteiger partial charge in [0, 0.05) is 0 Å². The topological polar surface area (TPSA) is 0 Å². The number of fused-ring (bicyclic) bond motifs is 7. The van der Waals surface area contributed by atoms with Crippen molar-refractivity contribution in [1.82, 2.24) is 0 Å². The molecule has 5 saturated carbocycles. The molecule has 0 aliphatic heterocycles. The molecule has 0 heterocycles. The molecule has 0 aromatic rings. The van der Waals surface area contributed by atoms with Crippen molar-refractivity contribution in [2.45, 2.75) is 133 Å². The quantitative estimate of drug-likeness (QED) is 0.380. The van der Waals surface area contributed by atoms with Gasteiger partial charge < -0.3 is 0 Å². The lowest BCUT2D eigenvalue weighted by Crippen LogP contribution is -2.67. The van der Waals surface area contributed by atoms with Gasteiger partial charge in [-0.3, -0.25) is 0 Å². The molecule has 11 unspecified atom stereocenters. The Kier molecular flexibility index (Phi) is 5.38. The normalized spacial score (nSPS) is 59.3. The molecule has 0 N–H and O–H groups in total. The first-order valence-corrected chi connectivity index (χ1v) is 14.8. The maximum atomic E-state index is 2.82.